The zero-order chi connectivity index (χ0) is 12.3. The van der Waals surface area contributed by atoms with E-state index in [0.717, 1.165) is 25.7 Å². The number of benzene rings is 1. The summed E-state index contributed by atoms with van der Waals surface area (Å²) in [6.07, 6.45) is 4.55. The summed E-state index contributed by atoms with van der Waals surface area (Å²) >= 11 is 0. The van der Waals surface area contributed by atoms with Crippen LogP contribution in [0.3, 0.4) is 0 Å². The van der Waals surface area contributed by atoms with Gasteiger partial charge in [-0.3, -0.25) is 4.79 Å². The number of aryl methyl sites for hydroxylation is 1. The second kappa shape index (κ2) is 5.46. The summed E-state index contributed by atoms with van der Waals surface area (Å²) < 4.78 is 0. The molecule has 0 unspecified atom stereocenters. The Bertz CT molecular complexity index is 392. The lowest BCUT2D eigenvalue weighted by molar-refractivity contribution is -0.123. The van der Waals surface area contributed by atoms with Gasteiger partial charge < -0.3 is 5.73 Å². The Morgan fingerprint density at radius 1 is 1.24 bits per heavy atom. The highest BCUT2D eigenvalue weighted by Crippen LogP contribution is 2.25. The molecule has 0 aromatic heterocycles. The van der Waals surface area contributed by atoms with Crippen molar-refractivity contribution < 1.29 is 4.79 Å². The third-order valence-corrected chi connectivity index (χ3v) is 3.85. The van der Waals surface area contributed by atoms with E-state index < -0.39 is 0 Å². The van der Waals surface area contributed by atoms with Crippen molar-refractivity contribution in [3.05, 3.63) is 35.4 Å². The molecule has 2 heteroatoms. The van der Waals surface area contributed by atoms with Crippen LogP contribution in [0.1, 0.15) is 36.8 Å². The first-order chi connectivity index (χ1) is 8.16. The van der Waals surface area contributed by atoms with Crippen LogP contribution in [0, 0.1) is 12.8 Å². The number of Topliss-reactive ketones (excluding diaryl/α,β-unsaturated/α-hetero) is 1. The molecule has 1 aromatic carbocycles. The molecule has 0 atom stereocenters. The molecule has 2 nitrogen and oxygen atoms in total. The molecular formula is C15H21NO. The van der Waals surface area contributed by atoms with Gasteiger partial charge in [0, 0.05) is 18.4 Å². The number of carbonyl (C=O) groups is 1. The Morgan fingerprint density at radius 2 is 1.88 bits per heavy atom. The van der Waals surface area contributed by atoms with Gasteiger partial charge in [0.1, 0.15) is 5.78 Å². The van der Waals surface area contributed by atoms with Crippen molar-refractivity contribution in [2.24, 2.45) is 11.7 Å². The molecule has 0 spiro atoms. The Labute approximate surface area is 103 Å². The van der Waals surface area contributed by atoms with Crippen molar-refractivity contribution >= 4 is 5.78 Å². The molecule has 1 aliphatic carbocycles. The van der Waals surface area contributed by atoms with Crippen LogP contribution in [-0.4, -0.2) is 11.8 Å². The first-order valence-corrected chi connectivity index (χ1v) is 6.49. The Balaban J connectivity index is 1.95. The van der Waals surface area contributed by atoms with E-state index in [1.807, 2.05) is 12.1 Å². The predicted molar refractivity (Wildman–Crippen MR) is 69.8 cm³/mol. The number of hydrogen-bond donors (Lipinski definition) is 1. The summed E-state index contributed by atoms with van der Waals surface area (Å²) in [4.78, 5) is 12.2. The number of ketones is 1. The van der Waals surface area contributed by atoms with Gasteiger partial charge in [0.25, 0.3) is 0 Å². The third kappa shape index (κ3) is 3.16. The first-order valence-electron chi connectivity index (χ1n) is 6.49. The lowest BCUT2D eigenvalue weighted by atomic mass is 9.82. The molecule has 17 heavy (non-hydrogen) atoms. The van der Waals surface area contributed by atoms with E-state index in [9.17, 15) is 4.79 Å². The maximum absolute atomic E-state index is 12.2. The molecule has 0 aliphatic heterocycles. The van der Waals surface area contributed by atoms with E-state index >= 15 is 0 Å². The van der Waals surface area contributed by atoms with Crippen LogP contribution in [0.4, 0.5) is 0 Å². The molecule has 0 saturated heterocycles. The van der Waals surface area contributed by atoms with Gasteiger partial charge in [-0.1, -0.05) is 24.3 Å². The number of carbonyl (C=O) groups excluding carboxylic acids is 1. The molecule has 1 saturated carbocycles. The molecule has 0 amide bonds. The van der Waals surface area contributed by atoms with E-state index in [0.29, 0.717) is 18.2 Å². The SMILES string of the molecule is Cc1ccccc1CC(=O)C1CCC(N)CC1. The quantitative estimate of drug-likeness (QED) is 0.869. The van der Waals surface area contributed by atoms with Gasteiger partial charge in [-0.25, -0.2) is 0 Å². The monoisotopic (exact) mass is 231 g/mol. The van der Waals surface area contributed by atoms with Crippen LogP contribution in [0.2, 0.25) is 0 Å². The van der Waals surface area contributed by atoms with Gasteiger partial charge in [-0.15, -0.1) is 0 Å². The predicted octanol–water partition coefficient (Wildman–Crippen LogP) is 2.62. The standard InChI is InChI=1S/C15H21NO/c1-11-4-2-3-5-13(11)10-15(17)12-6-8-14(16)9-7-12/h2-5,12,14H,6-10,16H2,1H3. The minimum atomic E-state index is 0.245. The van der Waals surface area contributed by atoms with Gasteiger partial charge in [-0.2, -0.15) is 0 Å². The zero-order valence-electron chi connectivity index (χ0n) is 10.5. The number of nitrogens with two attached hydrogens (primary N) is 1. The minimum Gasteiger partial charge on any atom is -0.328 e. The van der Waals surface area contributed by atoms with Gasteiger partial charge in [0.15, 0.2) is 0 Å². The van der Waals surface area contributed by atoms with Crippen molar-refractivity contribution in [1.82, 2.24) is 0 Å². The highest BCUT2D eigenvalue weighted by Gasteiger charge is 2.24. The highest BCUT2D eigenvalue weighted by molar-refractivity contribution is 5.83. The number of rotatable bonds is 3. The number of hydrogen-bond acceptors (Lipinski definition) is 2. The third-order valence-electron chi connectivity index (χ3n) is 3.85. The van der Waals surface area contributed by atoms with Gasteiger partial charge in [-0.05, 0) is 43.7 Å². The average molecular weight is 231 g/mol. The molecule has 2 N–H and O–H groups in total. The summed E-state index contributed by atoms with van der Waals surface area (Å²) in [6.45, 7) is 2.07. The van der Waals surface area contributed by atoms with Crippen molar-refractivity contribution in [3.63, 3.8) is 0 Å². The molecule has 92 valence electrons. The summed E-state index contributed by atoms with van der Waals surface area (Å²) in [5.41, 5.74) is 8.25. The van der Waals surface area contributed by atoms with E-state index in [4.69, 9.17) is 5.73 Å². The molecule has 0 radical (unpaired) electrons. The molecule has 1 aromatic rings. The van der Waals surface area contributed by atoms with Crippen molar-refractivity contribution in [2.45, 2.75) is 45.1 Å². The van der Waals surface area contributed by atoms with Crippen LogP contribution in [0.15, 0.2) is 24.3 Å². The Hall–Kier alpha value is -1.15. The summed E-state index contributed by atoms with van der Waals surface area (Å²) in [7, 11) is 0. The fraction of sp³-hybridized carbons (Fsp3) is 0.533. The maximum Gasteiger partial charge on any atom is 0.140 e. The van der Waals surface area contributed by atoms with Crippen LogP contribution in [0.25, 0.3) is 0 Å². The van der Waals surface area contributed by atoms with Crippen molar-refractivity contribution in [2.75, 3.05) is 0 Å². The smallest absolute Gasteiger partial charge is 0.140 e. The zero-order valence-corrected chi connectivity index (χ0v) is 10.5. The van der Waals surface area contributed by atoms with Crippen molar-refractivity contribution in [3.8, 4) is 0 Å². The van der Waals surface area contributed by atoms with Crippen LogP contribution < -0.4 is 5.73 Å². The molecule has 1 aliphatic rings. The molecule has 2 rings (SSSR count). The molecule has 0 bridgehead atoms. The Kier molecular flexibility index (Phi) is 3.95. The molecular weight excluding hydrogens is 210 g/mol. The van der Waals surface area contributed by atoms with Gasteiger partial charge in [0.2, 0.25) is 0 Å². The molecule has 0 heterocycles. The maximum atomic E-state index is 12.2. The largest absolute Gasteiger partial charge is 0.328 e. The minimum absolute atomic E-state index is 0.245. The second-order valence-corrected chi connectivity index (χ2v) is 5.18. The first kappa shape index (κ1) is 12.3. The van der Waals surface area contributed by atoms with E-state index in [1.54, 1.807) is 0 Å². The summed E-state index contributed by atoms with van der Waals surface area (Å²) in [5.74, 6) is 0.639. The normalized spacial score (nSPS) is 24.6. The van der Waals surface area contributed by atoms with Crippen LogP contribution in [0.5, 0.6) is 0 Å². The van der Waals surface area contributed by atoms with E-state index in [1.165, 1.54) is 11.1 Å². The lowest BCUT2D eigenvalue weighted by Crippen LogP contribution is -2.30. The van der Waals surface area contributed by atoms with Gasteiger partial charge in [0.05, 0.1) is 0 Å². The van der Waals surface area contributed by atoms with Crippen LogP contribution >= 0.6 is 0 Å². The lowest BCUT2D eigenvalue weighted by Gasteiger charge is -2.25. The van der Waals surface area contributed by atoms with Crippen molar-refractivity contribution in [1.29, 1.82) is 0 Å². The second-order valence-electron chi connectivity index (χ2n) is 5.18. The fourth-order valence-electron chi connectivity index (χ4n) is 2.58. The summed E-state index contributed by atoms with van der Waals surface area (Å²) in [6, 6.07) is 8.47. The Morgan fingerprint density at radius 3 is 2.53 bits per heavy atom. The van der Waals surface area contributed by atoms with E-state index in [-0.39, 0.29) is 5.92 Å². The average Bonchev–Trinajstić information content (AvgIpc) is 2.33. The van der Waals surface area contributed by atoms with E-state index in [2.05, 4.69) is 19.1 Å². The van der Waals surface area contributed by atoms with Crippen LogP contribution in [-0.2, 0) is 11.2 Å². The van der Waals surface area contributed by atoms with Gasteiger partial charge >= 0.3 is 0 Å². The molecule has 1 fully saturated rings. The summed E-state index contributed by atoms with van der Waals surface area (Å²) in [5, 5.41) is 0. The highest BCUT2D eigenvalue weighted by atomic mass is 16.1. The fourth-order valence-corrected chi connectivity index (χ4v) is 2.58. The topological polar surface area (TPSA) is 43.1 Å².